The molecule has 21 heavy (non-hydrogen) atoms. The molecular formula is C15H20N4O2. The van der Waals surface area contributed by atoms with Gasteiger partial charge in [0, 0.05) is 12.1 Å². The molecule has 0 saturated heterocycles. The first-order chi connectivity index (χ1) is 9.91. The van der Waals surface area contributed by atoms with Crippen molar-refractivity contribution in [1.29, 1.82) is 0 Å². The summed E-state index contributed by atoms with van der Waals surface area (Å²) in [6, 6.07) is 7.13. The number of aromatic nitrogens is 3. The molecule has 1 amide bonds. The van der Waals surface area contributed by atoms with E-state index in [1.807, 2.05) is 27.7 Å². The summed E-state index contributed by atoms with van der Waals surface area (Å²) in [5.74, 6) is -0.133. The summed E-state index contributed by atoms with van der Waals surface area (Å²) in [6.07, 6.45) is 0. The van der Waals surface area contributed by atoms with Crippen molar-refractivity contribution in [2.75, 3.05) is 0 Å². The SMILES string of the molecule is CC(C)N(C(=O)Cn1nnc2ccccc2c1=O)C(C)C. The smallest absolute Gasteiger partial charge is 0.278 e. The molecule has 0 N–H and O–H groups in total. The summed E-state index contributed by atoms with van der Waals surface area (Å²) in [4.78, 5) is 26.4. The van der Waals surface area contributed by atoms with Gasteiger partial charge in [-0.2, -0.15) is 0 Å². The monoisotopic (exact) mass is 288 g/mol. The van der Waals surface area contributed by atoms with Gasteiger partial charge in [-0.1, -0.05) is 17.3 Å². The van der Waals surface area contributed by atoms with E-state index in [0.717, 1.165) is 4.68 Å². The highest BCUT2D eigenvalue weighted by Gasteiger charge is 2.21. The van der Waals surface area contributed by atoms with Gasteiger partial charge in [-0.3, -0.25) is 9.59 Å². The molecule has 0 spiro atoms. The van der Waals surface area contributed by atoms with E-state index < -0.39 is 0 Å². The topological polar surface area (TPSA) is 68.1 Å². The molecule has 2 aromatic rings. The van der Waals surface area contributed by atoms with E-state index in [2.05, 4.69) is 10.3 Å². The molecule has 2 rings (SSSR count). The minimum absolute atomic E-state index is 0.0709. The predicted octanol–water partition coefficient (Wildman–Crippen LogP) is 1.44. The molecule has 1 aromatic heterocycles. The first-order valence-electron chi connectivity index (χ1n) is 7.05. The van der Waals surface area contributed by atoms with Gasteiger partial charge >= 0.3 is 0 Å². The van der Waals surface area contributed by atoms with Gasteiger partial charge in [0.25, 0.3) is 5.56 Å². The number of fused-ring (bicyclic) bond motifs is 1. The van der Waals surface area contributed by atoms with Crippen molar-refractivity contribution >= 4 is 16.8 Å². The quantitative estimate of drug-likeness (QED) is 0.853. The fourth-order valence-corrected chi connectivity index (χ4v) is 2.51. The summed E-state index contributed by atoms with van der Waals surface area (Å²) in [6.45, 7) is 7.71. The van der Waals surface area contributed by atoms with E-state index in [-0.39, 0.29) is 30.1 Å². The standard InChI is InChI=1S/C15H20N4O2/c1-10(2)19(11(3)4)14(20)9-18-15(21)12-7-5-6-8-13(12)16-17-18/h5-8,10-11H,9H2,1-4H3. The first-order valence-corrected chi connectivity index (χ1v) is 7.05. The fourth-order valence-electron chi connectivity index (χ4n) is 2.51. The van der Waals surface area contributed by atoms with Gasteiger partial charge in [0.15, 0.2) is 0 Å². The number of benzene rings is 1. The van der Waals surface area contributed by atoms with Crippen molar-refractivity contribution < 1.29 is 4.79 Å². The lowest BCUT2D eigenvalue weighted by atomic mass is 10.2. The largest absolute Gasteiger partial charge is 0.336 e. The zero-order valence-corrected chi connectivity index (χ0v) is 12.8. The second-order valence-electron chi connectivity index (χ2n) is 5.56. The van der Waals surface area contributed by atoms with E-state index in [4.69, 9.17) is 0 Å². The minimum Gasteiger partial charge on any atom is -0.336 e. The number of amides is 1. The second kappa shape index (κ2) is 6.03. The van der Waals surface area contributed by atoms with Crippen molar-refractivity contribution in [1.82, 2.24) is 19.9 Å². The third-order valence-electron chi connectivity index (χ3n) is 3.32. The zero-order valence-electron chi connectivity index (χ0n) is 12.8. The Kier molecular flexibility index (Phi) is 4.35. The van der Waals surface area contributed by atoms with Crippen LogP contribution in [-0.4, -0.2) is 37.9 Å². The molecule has 6 nitrogen and oxygen atoms in total. The Balaban J connectivity index is 2.34. The molecule has 0 aliphatic rings. The Morgan fingerprint density at radius 1 is 1.19 bits per heavy atom. The number of carbonyl (C=O) groups is 1. The van der Waals surface area contributed by atoms with Crippen molar-refractivity contribution in [3.05, 3.63) is 34.6 Å². The lowest BCUT2D eigenvalue weighted by molar-refractivity contribution is -0.135. The third-order valence-corrected chi connectivity index (χ3v) is 3.32. The van der Waals surface area contributed by atoms with Crippen molar-refractivity contribution in [2.45, 2.75) is 46.3 Å². The molecule has 0 aliphatic heterocycles. The molecule has 0 fully saturated rings. The van der Waals surface area contributed by atoms with Crippen LogP contribution in [0.2, 0.25) is 0 Å². The van der Waals surface area contributed by atoms with Crippen LogP contribution in [0.3, 0.4) is 0 Å². The van der Waals surface area contributed by atoms with E-state index in [0.29, 0.717) is 10.9 Å². The summed E-state index contributed by atoms with van der Waals surface area (Å²) >= 11 is 0. The Hall–Kier alpha value is -2.24. The van der Waals surface area contributed by atoms with Crippen molar-refractivity contribution in [2.24, 2.45) is 0 Å². The predicted molar refractivity (Wildman–Crippen MR) is 80.9 cm³/mol. The number of hydrogen-bond donors (Lipinski definition) is 0. The van der Waals surface area contributed by atoms with Gasteiger partial charge in [0.1, 0.15) is 12.1 Å². The van der Waals surface area contributed by atoms with Crippen molar-refractivity contribution in [3.8, 4) is 0 Å². The zero-order chi connectivity index (χ0) is 15.6. The van der Waals surface area contributed by atoms with E-state index in [1.165, 1.54) is 0 Å². The van der Waals surface area contributed by atoms with Gasteiger partial charge < -0.3 is 4.90 Å². The van der Waals surface area contributed by atoms with Crippen LogP contribution in [-0.2, 0) is 11.3 Å². The minimum atomic E-state index is -0.290. The average Bonchev–Trinajstić information content (AvgIpc) is 2.41. The summed E-state index contributed by atoms with van der Waals surface area (Å²) < 4.78 is 1.13. The normalized spacial score (nSPS) is 11.3. The Labute approximate surface area is 123 Å². The van der Waals surface area contributed by atoms with E-state index >= 15 is 0 Å². The maximum Gasteiger partial charge on any atom is 0.278 e. The molecule has 6 heteroatoms. The van der Waals surface area contributed by atoms with E-state index in [1.54, 1.807) is 29.2 Å². The molecule has 0 atom stereocenters. The Bertz CT molecular complexity index is 698. The van der Waals surface area contributed by atoms with Gasteiger partial charge in [0.05, 0.1) is 5.39 Å². The molecule has 1 heterocycles. The molecule has 0 saturated carbocycles. The number of nitrogens with zero attached hydrogens (tertiary/aromatic N) is 4. The first kappa shape index (κ1) is 15.2. The highest BCUT2D eigenvalue weighted by atomic mass is 16.2. The maximum absolute atomic E-state index is 12.4. The molecular weight excluding hydrogens is 268 g/mol. The molecule has 112 valence electrons. The van der Waals surface area contributed by atoms with Crippen molar-refractivity contribution in [3.63, 3.8) is 0 Å². The molecule has 0 radical (unpaired) electrons. The number of hydrogen-bond acceptors (Lipinski definition) is 4. The molecule has 0 unspecified atom stereocenters. The van der Waals surface area contributed by atoms with Crippen LogP contribution in [0, 0.1) is 0 Å². The van der Waals surface area contributed by atoms with Crippen LogP contribution < -0.4 is 5.56 Å². The van der Waals surface area contributed by atoms with Crippen LogP contribution in [0.15, 0.2) is 29.1 Å². The summed E-state index contributed by atoms with van der Waals surface area (Å²) in [5, 5.41) is 8.31. The average molecular weight is 288 g/mol. The van der Waals surface area contributed by atoms with Crippen LogP contribution in [0.4, 0.5) is 0 Å². The molecule has 0 aliphatic carbocycles. The lowest BCUT2D eigenvalue weighted by Crippen LogP contribution is -2.45. The highest BCUT2D eigenvalue weighted by Crippen LogP contribution is 2.07. The summed E-state index contributed by atoms with van der Waals surface area (Å²) in [5.41, 5.74) is 0.247. The lowest BCUT2D eigenvalue weighted by Gasteiger charge is -2.30. The van der Waals surface area contributed by atoms with Gasteiger partial charge in [-0.25, -0.2) is 4.68 Å². The third kappa shape index (κ3) is 3.09. The molecule has 1 aromatic carbocycles. The van der Waals surface area contributed by atoms with E-state index in [9.17, 15) is 9.59 Å². The van der Waals surface area contributed by atoms with Crippen LogP contribution in [0.1, 0.15) is 27.7 Å². The summed E-state index contributed by atoms with van der Waals surface area (Å²) in [7, 11) is 0. The molecule has 0 bridgehead atoms. The van der Waals surface area contributed by atoms with Crippen LogP contribution >= 0.6 is 0 Å². The second-order valence-corrected chi connectivity index (χ2v) is 5.56. The Morgan fingerprint density at radius 2 is 1.81 bits per heavy atom. The number of rotatable bonds is 4. The highest BCUT2D eigenvalue weighted by molar-refractivity contribution is 5.78. The Morgan fingerprint density at radius 3 is 2.43 bits per heavy atom. The van der Waals surface area contributed by atoms with Gasteiger partial charge in [-0.05, 0) is 39.8 Å². The fraction of sp³-hybridized carbons (Fsp3) is 0.467. The van der Waals surface area contributed by atoms with Crippen LogP contribution in [0.5, 0.6) is 0 Å². The maximum atomic E-state index is 12.4. The van der Waals surface area contributed by atoms with Crippen LogP contribution in [0.25, 0.3) is 10.9 Å². The van der Waals surface area contributed by atoms with Gasteiger partial charge in [-0.15, -0.1) is 5.10 Å². The van der Waals surface area contributed by atoms with Gasteiger partial charge in [0.2, 0.25) is 5.91 Å². The number of carbonyl (C=O) groups excluding carboxylic acids is 1.